The highest BCUT2D eigenvalue weighted by atomic mass is 35.5. The Hall–Kier alpha value is -1.19. The van der Waals surface area contributed by atoms with Gasteiger partial charge in [-0.3, -0.25) is 4.68 Å². The minimum Gasteiger partial charge on any atom is -0.452 e. The topological polar surface area (TPSA) is 27.1 Å². The first-order valence-electron chi connectivity index (χ1n) is 5.28. The van der Waals surface area contributed by atoms with Crippen LogP contribution >= 0.6 is 23.2 Å². The van der Waals surface area contributed by atoms with Crippen LogP contribution in [-0.4, -0.2) is 9.78 Å². The monoisotopic (exact) mass is 270 g/mol. The minimum atomic E-state index is 0.359. The van der Waals surface area contributed by atoms with Crippen LogP contribution in [0.2, 0.25) is 5.02 Å². The number of alkyl halides is 1. The fraction of sp³-hybridized carbons (Fsp3) is 0.250. The van der Waals surface area contributed by atoms with E-state index in [4.69, 9.17) is 27.9 Å². The number of halogens is 2. The molecule has 0 radical (unpaired) electrons. The first-order chi connectivity index (χ1) is 8.24. The number of aromatic nitrogens is 2. The van der Waals surface area contributed by atoms with Gasteiger partial charge in [0, 0.05) is 12.1 Å². The molecule has 0 unspecified atom stereocenters. The Morgan fingerprint density at radius 1 is 1.41 bits per heavy atom. The Bertz CT molecular complexity index is 511. The quantitative estimate of drug-likeness (QED) is 0.783. The van der Waals surface area contributed by atoms with E-state index in [0.29, 0.717) is 22.4 Å². The number of aryl methyl sites for hydroxylation is 1. The van der Waals surface area contributed by atoms with Crippen LogP contribution in [0.3, 0.4) is 0 Å². The molecule has 1 heterocycles. The highest BCUT2D eigenvalue weighted by molar-refractivity contribution is 6.32. The number of rotatable bonds is 4. The van der Waals surface area contributed by atoms with Gasteiger partial charge in [-0.1, -0.05) is 23.7 Å². The van der Waals surface area contributed by atoms with Gasteiger partial charge >= 0.3 is 0 Å². The van der Waals surface area contributed by atoms with Gasteiger partial charge in [-0.25, -0.2) is 0 Å². The third-order valence-corrected chi connectivity index (χ3v) is 2.93. The summed E-state index contributed by atoms with van der Waals surface area (Å²) in [5.41, 5.74) is 0.864. The summed E-state index contributed by atoms with van der Waals surface area (Å²) in [4.78, 5) is 0. The van der Waals surface area contributed by atoms with Gasteiger partial charge in [0.05, 0.1) is 23.3 Å². The predicted molar refractivity (Wildman–Crippen MR) is 69.0 cm³/mol. The van der Waals surface area contributed by atoms with Crippen LogP contribution in [0, 0.1) is 0 Å². The molecule has 0 N–H and O–H groups in total. The molecule has 3 nitrogen and oxygen atoms in total. The summed E-state index contributed by atoms with van der Waals surface area (Å²) >= 11 is 11.9. The molecule has 0 amide bonds. The minimum absolute atomic E-state index is 0.359. The van der Waals surface area contributed by atoms with Crippen LogP contribution < -0.4 is 4.74 Å². The number of benzene rings is 1. The van der Waals surface area contributed by atoms with Crippen molar-refractivity contribution in [2.45, 2.75) is 19.3 Å². The Morgan fingerprint density at radius 2 is 2.24 bits per heavy atom. The fourth-order valence-electron chi connectivity index (χ4n) is 1.46. The van der Waals surface area contributed by atoms with Crippen molar-refractivity contribution >= 4 is 23.2 Å². The molecule has 2 aromatic rings. The third kappa shape index (κ3) is 2.73. The van der Waals surface area contributed by atoms with E-state index in [1.165, 1.54) is 0 Å². The van der Waals surface area contributed by atoms with Gasteiger partial charge in [-0.05, 0) is 13.0 Å². The average molecular weight is 271 g/mol. The molecule has 0 saturated carbocycles. The second-order valence-corrected chi connectivity index (χ2v) is 4.17. The SMILES string of the molecule is CCn1cc(Oc2c(Cl)cccc2CCl)cn1. The molecular formula is C12H12Cl2N2O. The first kappa shape index (κ1) is 12.3. The normalized spacial score (nSPS) is 10.5. The summed E-state index contributed by atoms with van der Waals surface area (Å²) in [7, 11) is 0. The van der Waals surface area contributed by atoms with E-state index in [0.717, 1.165) is 12.1 Å². The molecule has 2 rings (SSSR count). The summed E-state index contributed by atoms with van der Waals surface area (Å²) < 4.78 is 7.50. The molecule has 0 fully saturated rings. The Morgan fingerprint density at radius 3 is 2.88 bits per heavy atom. The standard InChI is InChI=1S/C12H12Cl2N2O/c1-2-16-8-10(7-15-16)17-12-9(6-13)4-3-5-11(12)14/h3-5,7-8H,2,6H2,1H3. The van der Waals surface area contributed by atoms with Crippen LogP contribution in [0.15, 0.2) is 30.6 Å². The smallest absolute Gasteiger partial charge is 0.165 e. The Labute approximate surface area is 110 Å². The molecule has 0 spiro atoms. The van der Waals surface area contributed by atoms with Gasteiger partial charge < -0.3 is 4.74 Å². The maximum Gasteiger partial charge on any atom is 0.165 e. The Kier molecular flexibility index (Phi) is 3.92. The lowest BCUT2D eigenvalue weighted by Crippen LogP contribution is -1.92. The van der Waals surface area contributed by atoms with E-state index in [2.05, 4.69) is 5.10 Å². The molecule has 0 aliphatic heterocycles. The van der Waals surface area contributed by atoms with Crippen molar-refractivity contribution in [3.63, 3.8) is 0 Å². The largest absolute Gasteiger partial charge is 0.452 e. The van der Waals surface area contributed by atoms with Crippen LogP contribution in [0.4, 0.5) is 0 Å². The van der Waals surface area contributed by atoms with Crippen LogP contribution in [0.25, 0.3) is 0 Å². The summed E-state index contributed by atoms with van der Waals surface area (Å²) in [6.45, 7) is 2.81. The molecule has 90 valence electrons. The second-order valence-electron chi connectivity index (χ2n) is 3.50. The number of hydrogen-bond acceptors (Lipinski definition) is 2. The molecule has 0 saturated heterocycles. The van der Waals surface area contributed by atoms with Crippen molar-refractivity contribution in [3.05, 3.63) is 41.2 Å². The molecule has 5 heteroatoms. The highest BCUT2D eigenvalue weighted by Gasteiger charge is 2.09. The molecule has 0 atom stereocenters. The summed E-state index contributed by atoms with van der Waals surface area (Å²) in [5.74, 6) is 1.61. The third-order valence-electron chi connectivity index (χ3n) is 2.35. The maximum absolute atomic E-state index is 6.09. The molecule has 17 heavy (non-hydrogen) atoms. The first-order valence-corrected chi connectivity index (χ1v) is 6.19. The van der Waals surface area contributed by atoms with E-state index in [-0.39, 0.29) is 0 Å². The van der Waals surface area contributed by atoms with Crippen molar-refractivity contribution in [2.75, 3.05) is 0 Å². The fourth-order valence-corrected chi connectivity index (χ4v) is 1.90. The van der Waals surface area contributed by atoms with Crippen LogP contribution in [0.5, 0.6) is 11.5 Å². The number of nitrogens with zero attached hydrogens (tertiary/aromatic N) is 2. The van der Waals surface area contributed by atoms with E-state index in [1.807, 2.05) is 25.3 Å². The number of para-hydroxylation sites is 1. The molecule has 0 aliphatic rings. The van der Waals surface area contributed by atoms with Crippen LogP contribution in [-0.2, 0) is 12.4 Å². The van der Waals surface area contributed by atoms with Crippen LogP contribution in [0.1, 0.15) is 12.5 Å². The van der Waals surface area contributed by atoms with E-state index in [9.17, 15) is 0 Å². The summed E-state index contributed by atoms with van der Waals surface area (Å²) in [6.07, 6.45) is 3.48. The molecule has 0 aliphatic carbocycles. The lowest BCUT2D eigenvalue weighted by atomic mass is 10.2. The number of hydrogen-bond donors (Lipinski definition) is 0. The Balaban J connectivity index is 2.28. The van der Waals surface area contributed by atoms with Gasteiger partial charge in [0.15, 0.2) is 11.5 Å². The van der Waals surface area contributed by atoms with Gasteiger partial charge in [-0.2, -0.15) is 5.10 Å². The lowest BCUT2D eigenvalue weighted by Gasteiger charge is -2.09. The molecule has 1 aromatic carbocycles. The molecule has 1 aromatic heterocycles. The highest BCUT2D eigenvalue weighted by Crippen LogP contribution is 2.33. The van der Waals surface area contributed by atoms with E-state index < -0.39 is 0 Å². The number of ether oxygens (including phenoxy) is 1. The maximum atomic E-state index is 6.09. The molecule has 0 bridgehead atoms. The zero-order valence-corrected chi connectivity index (χ0v) is 10.9. The second kappa shape index (κ2) is 5.43. The average Bonchev–Trinajstić information content (AvgIpc) is 2.79. The van der Waals surface area contributed by atoms with Crippen molar-refractivity contribution in [1.82, 2.24) is 9.78 Å². The van der Waals surface area contributed by atoms with Gasteiger partial charge in [0.25, 0.3) is 0 Å². The lowest BCUT2D eigenvalue weighted by molar-refractivity contribution is 0.477. The zero-order valence-electron chi connectivity index (χ0n) is 9.36. The summed E-state index contributed by atoms with van der Waals surface area (Å²) in [6, 6.07) is 5.51. The predicted octanol–water partition coefficient (Wildman–Crippen LogP) is 4.09. The van der Waals surface area contributed by atoms with E-state index >= 15 is 0 Å². The zero-order chi connectivity index (χ0) is 12.3. The molecular weight excluding hydrogens is 259 g/mol. The summed E-state index contributed by atoms with van der Waals surface area (Å²) in [5, 5.41) is 4.68. The van der Waals surface area contributed by atoms with Gasteiger partial charge in [-0.15, -0.1) is 11.6 Å². The van der Waals surface area contributed by atoms with Gasteiger partial charge in [0.2, 0.25) is 0 Å². The van der Waals surface area contributed by atoms with Crippen molar-refractivity contribution in [2.24, 2.45) is 0 Å². The van der Waals surface area contributed by atoms with Crippen molar-refractivity contribution < 1.29 is 4.74 Å². The van der Waals surface area contributed by atoms with Crippen molar-refractivity contribution in [3.8, 4) is 11.5 Å². The van der Waals surface area contributed by atoms with E-state index in [1.54, 1.807) is 16.9 Å². The van der Waals surface area contributed by atoms with Crippen molar-refractivity contribution in [1.29, 1.82) is 0 Å². The van der Waals surface area contributed by atoms with Gasteiger partial charge in [0.1, 0.15) is 0 Å².